The van der Waals surface area contributed by atoms with Crippen LogP contribution in [0.3, 0.4) is 0 Å². The number of rotatable bonds is 20. The second-order valence-corrected chi connectivity index (χ2v) is 34.1. The largest absolute Gasteiger partial charge is 0.467 e. The van der Waals surface area contributed by atoms with Crippen LogP contribution >= 0.6 is 0 Å². The second-order valence-electron chi connectivity index (χ2n) is 32.0. The standard InChI is InChI=1S/C34H62N6O7S.C28H48N4O6/c1-31(2,3)26(37-30(45)38-32(4,5)6)29(44)40-19-21-23(34(21,10)11)24(40)27(42)36-22(18-20-14-13-15-20)25(41)28(43)35-16-17-48(46,47)39(12)33(7,8)9;1-26(2,3)21(30-25(37)31-27(4,5)6)23(35)32-14-16-18(28(16,7)8)19(32)22(34)29-17(13-15-11-10-12-15)20(33)24(36)38-9/h20-26,41H,13-19H2,1-12H3,(H,35,43)(H,36,42)(H2,37,38,45);15-21,33H,10-14H2,1-9H3,(H,29,34)(H2,30,31,37)/t21?,22?,23-,24-,25?,26+;16?,17?,18-,19-,20?,21+/m00/s1. The molecule has 6 unspecified atom stereocenters. The quantitative estimate of drug-likeness (QED) is 0.0766. The number of aliphatic hydroxyl groups excluding tert-OH is 2. The average molecular weight is 1240 g/mol. The fraction of sp³-hybridized carbons (Fsp3) is 0.871. The number of nitrogens with zero attached hydrogens (tertiary/aromatic N) is 3. The fourth-order valence-corrected chi connectivity index (χ4v) is 14.4. The number of amides is 9. The maximum absolute atomic E-state index is 14.2. The van der Waals surface area contributed by atoms with E-state index in [4.69, 9.17) is 4.74 Å². The highest BCUT2D eigenvalue weighted by Crippen LogP contribution is 2.66. The van der Waals surface area contributed by atoms with E-state index in [0.717, 1.165) is 38.5 Å². The number of fused-ring (bicyclic) bond motifs is 2. The summed E-state index contributed by atoms with van der Waals surface area (Å²) in [5.41, 5.74) is -3.19. The number of methoxy groups -OCH3 is 1. The molecule has 0 bridgehead atoms. The first-order valence-corrected chi connectivity index (χ1v) is 32.7. The van der Waals surface area contributed by atoms with Gasteiger partial charge in [-0.3, -0.25) is 24.0 Å². The van der Waals surface area contributed by atoms with Crippen LogP contribution in [-0.2, 0) is 43.5 Å². The van der Waals surface area contributed by atoms with Crippen molar-refractivity contribution in [3.8, 4) is 0 Å². The van der Waals surface area contributed by atoms with Crippen LogP contribution in [0.2, 0.25) is 0 Å². The molecule has 0 spiro atoms. The lowest BCUT2D eigenvalue weighted by Crippen LogP contribution is -2.62. The normalized spacial score (nSPS) is 25.5. The molecule has 4 aliphatic carbocycles. The first-order chi connectivity index (χ1) is 39.1. The van der Waals surface area contributed by atoms with Crippen LogP contribution in [0.15, 0.2) is 0 Å². The summed E-state index contributed by atoms with van der Waals surface area (Å²) >= 11 is 0. The van der Waals surface area contributed by atoms with Gasteiger partial charge in [-0.15, -0.1) is 0 Å². The molecule has 2 heterocycles. The van der Waals surface area contributed by atoms with E-state index in [2.05, 4.69) is 64.9 Å². The summed E-state index contributed by atoms with van der Waals surface area (Å²) in [7, 11) is -0.974. The minimum atomic E-state index is -3.67. The molecule has 86 heavy (non-hydrogen) atoms. The summed E-state index contributed by atoms with van der Waals surface area (Å²) < 4.78 is 31.5. The number of hydrogen-bond donors (Lipinski definition) is 9. The Kier molecular flexibility index (Phi) is 22.0. The van der Waals surface area contributed by atoms with Crippen molar-refractivity contribution in [1.82, 2.24) is 51.3 Å². The fourth-order valence-electron chi connectivity index (χ4n) is 12.9. The molecule has 492 valence electrons. The summed E-state index contributed by atoms with van der Waals surface area (Å²) in [6.45, 7) is 36.6. The molecule has 0 aromatic heterocycles. The van der Waals surface area contributed by atoms with Gasteiger partial charge in [-0.1, -0.05) is 108 Å². The van der Waals surface area contributed by atoms with Crippen molar-refractivity contribution < 1.29 is 61.7 Å². The van der Waals surface area contributed by atoms with Crippen LogP contribution in [0.4, 0.5) is 9.59 Å². The molecule has 0 radical (unpaired) electrons. The Hall–Kier alpha value is -4.81. The van der Waals surface area contributed by atoms with E-state index < -0.39 is 116 Å². The number of ether oxygens (including phenoxy) is 1. The van der Waals surface area contributed by atoms with Crippen molar-refractivity contribution >= 4 is 57.6 Å². The van der Waals surface area contributed by atoms with E-state index in [9.17, 15) is 57.0 Å². The number of nitrogens with one attached hydrogen (secondary N) is 7. The summed E-state index contributed by atoms with van der Waals surface area (Å²) in [4.78, 5) is 110. The van der Waals surface area contributed by atoms with Crippen molar-refractivity contribution in [3.63, 3.8) is 0 Å². The summed E-state index contributed by atoms with van der Waals surface area (Å²) in [5, 5.41) is 41.7. The Morgan fingerprint density at radius 2 is 0.953 bits per heavy atom. The van der Waals surface area contributed by atoms with Crippen LogP contribution in [0.25, 0.3) is 0 Å². The van der Waals surface area contributed by atoms with Gasteiger partial charge in [-0.2, -0.15) is 4.31 Å². The van der Waals surface area contributed by atoms with Gasteiger partial charge in [0, 0.05) is 43.3 Å². The van der Waals surface area contributed by atoms with E-state index in [-0.39, 0.29) is 70.4 Å². The van der Waals surface area contributed by atoms with E-state index >= 15 is 0 Å². The average Bonchev–Trinajstić information content (AvgIpc) is 1.56. The monoisotopic (exact) mass is 1230 g/mol. The topological polar surface area (TPSA) is 314 Å². The van der Waals surface area contributed by atoms with E-state index in [1.54, 1.807) is 30.6 Å². The first kappa shape index (κ1) is 71.9. The number of piperidine rings is 2. The number of urea groups is 2. The third-order valence-corrected chi connectivity index (χ3v) is 21.2. The number of carbonyl (C=O) groups excluding carboxylic acids is 8. The lowest BCUT2D eigenvalue weighted by molar-refractivity contribution is -0.153. The Morgan fingerprint density at radius 1 is 0.593 bits per heavy atom. The van der Waals surface area contributed by atoms with E-state index in [1.807, 2.05) is 83.1 Å². The highest BCUT2D eigenvalue weighted by atomic mass is 32.2. The predicted molar refractivity (Wildman–Crippen MR) is 328 cm³/mol. The highest BCUT2D eigenvalue weighted by molar-refractivity contribution is 7.89. The van der Waals surface area contributed by atoms with Gasteiger partial charge in [-0.25, -0.2) is 22.8 Å². The second kappa shape index (κ2) is 26.3. The van der Waals surface area contributed by atoms with E-state index in [0.29, 0.717) is 31.8 Å². The number of likely N-dealkylation sites (tertiary alicyclic amines) is 2. The van der Waals surface area contributed by atoms with Crippen LogP contribution in [-0.4, -0.2) is 185 Å². The lowest BCUT2D eigenvalue weighted by atomic mass is 9.79. The summed E-state index contributed by atoms with van der Waals surface area (Å²) in [5.74, 6) is -2.77. The molecule has 23 nitrogen and oxygen atoms in total. The zero-order valence-corrected chi connectivity index (χ0v) is 56.5. The smallest absolute Gasteiger partial charge is 0.336 e. The highest BCUT2D eigenvalue weighted by Gasteiger charge is 2.71. The van der Waals surface area contributed by atoms with Crippen LogP contribution in [0.5, 0.6) is 0 Å². The molecular weight excluding hydrogens is 1120 g/mol. The van der Waals surface area contributed by atoms with Crippen molar-refractivity contribution in [2.24, 2.45) is 57.2 Å². The minimum Gasteiger partial charge on any atom is -0.467 e. The number of carbonyl (C=O) groups is 8. The van der Waals surface area contributed by atoms with Gasteiger partial charge in [0.25, 0.3) is 5.91 Å². The number of hydrogen-bond acceptors (Lipinski definition) is 13. The van der Waals surface area contributed by atoms with Crippen molar-refractivity contribution in [2.75, 3.05) is 39.5 Å². The Bertz CT molecular complexity index is 2610. The van der Waals surface area contributed by atoms with Gasteiger partial charge >= 0.3 is 18.0 Å². The maximum atomic E-state index is 14.2. The Morgan fingerprint density at radius 3 is 1.26 bits per heavy atom. The van der Waals surface area contributed by atoms with Crippen molar-refractivity contribution in [1.29, 1.82) is 0 Å². The zero-order chi connectivity index (χ0) is 65.6. The maximum Gasteiger partial charge on any atom is 0.336 e. The molecule has 9 amide bonds. The van der Waals surface area contributed by atoms with Gasteiger partial charge in [0.2, 0.25) is 33.7 Å². The molecule has 6 rings (SSSR count). The molecule has 2 saturated heterocycles. The molecular formula is C62H110N10O13S. The number of sulfonamides is 1. The molecule has 2 aliphatic heterocycles. The molecule has 4 saturated carbocycles. The third kappa shape index (κ3) is 17.5. The SMILES string of the molecule is CN(C(C)(C)C)S(=O)(=O)CCNC(=O)C(O)C(CC1CCC1)NC(=O)[C@@H]1[C@@H]2C(CN1C(=O)[C@@H](NC(=O)NC(C)(C)C)C(C)(C)C)C2(C)C.COC(=O)C(O)C(CC1CCC1)NC(=O)[C@@H]1[C@@H]2C(CN1C(=O)[C@@H](NC(=O)NC(C)(C)C)C(C)(C)C)C2(C)C. The van der Waals surface area contributed by atoms with Crippen molar-refractivity contribution in [3.05, 3.63) is 0 Å². The molecule has 6 aliphatic rings. The molecule has 6 fully saturated rings. The molecule has 9 N–H and O–H groups in total. The summed E-state index contributed by atoms with van der Waals surface area (Å²) in [6, 6.07) is -6.01. The molecule has 0 aromatic rings. The van der Waals surface area contributed by atoms with Gasteiger partial charge in [0.05, 0.1) is 24.9 Å². The van der Waals surface area contributed by atoms with Gasteiger partial charge < -0.3 is 62.0 Å². The predicted octanol–water partition coefficient (Wildman–Crippen LogP) is 4.38. The molecule has 12 atom stereocenters. The Balaban J connectivity index is 0.000000322. The minimum absolute atomic E-state index is 0.0462. The van der Waals surface area contributed by atoms with Crippen LogP contribution in [0, 0.1) is 57.2 Å². The first-order valence-electron chi connectivity index (χ1n) is 31.1. The molecule has 0 aromatic carbocycles. The van der Waals surface area contributed by atoms with Gasteiger partial charge in [-0.05, 0) is 132 Å². The van der Waals surface area contributed by atoms with Gasteiger partial charge in [0.1, 0.15) is 24.2 Å². The summed E-state index contributed by atoms with van der Waals surface area (Å²) in [6.07, 6.45) is 3.68. The van der Waals surface area contributed by atoms with Gasteiger partial charge in [0.15, 0.2) is 12.2 Å². The van der Waals surface area contributed by atoms with Crippen LogP contribution in [0.1, 0.15) is 183 Å². The van der Waals surface area contributed by atoms with Crippen LogP contribution < -0.4 is 37.2 Å². The van der Waals surface area contributed by atoms with E-state index in [1.165, 1.54) is 18.5 Å². The molecule has 24 heteroatoms. The van der Waals surface area contributed by atoms with Crippen molar-refractivity contribution in [2.45, 2.75) is 248 Å². The zero-order valence-electron chi connectivity index (χ0n) is 55.7. The third-order valence-electron chi connectivity index (χ3n) is 19.0. The number of aliphatic hydroxyl groups is 2. The number of esters is 1. The Labute approximate surface area is 513 Å². The lowest BCUT2D eigenvalue weighted by Gasteiger charge is -2.39.